The highest BCUT2D eigenvalue weighted by molar-refractivity contribution is 5.77. The number of aliphatic carboxylic acids is 1. The van der Waals surface area contributed by atoms with Crippen molar-refractivity contribution in [2.75, 3.05) is 13.2 Å². The number of carboxylic acids is 1. The van der Waals surface area contributed by atoms with Gasteiger partial charge < -0.3 is 19.7 Å². The Kier molecular flexibility index (Phi) is 8.30. The Bertz CT molecular complexity index is 1760. The summed E-state index contributed by atoms with van der Waals surface area (Å²) < 4.78 is 71.4. The monoisotopic (exact) mass is 638 g/mol. The van der Waals surface area contributed by atoms with Crippen molar-refractivity contribution >= 4 is 5.97 Å². The number of alkyl halides is 3. The van der Waals surface area contributed by atoms with E-state index in [4.69, 9.17) is 14.6 Å². The first-order valence-electron chi connectivity index (χ1n) is 15.2. The third-order valence-corrected chi connectivity index (χ3v) is 8.59. The SMILES string of the molecule is CC(C)(O)Cn1cc(-c2ccc(-c3c(C(F)(F)F)cc(F)c4c3CCC4CCOc3ccc4c(c3)OCC4CC(=O)O)cc2)cn1. The summed E-state index contributed by atoms with van der Waals surface area (Å²) in [7, 11) is 0. The summed E-state index contributed by atoms with van der Waals surface area (Å²) in [5.74, 6) is -1.22. The van der Waals surface area contributed by atoms with Gasteiger partial charge in [-0.2, -0.15) is 18.3 Å². The van der Waals surface area contributed by atoms with Crippen molar-refractivity contribution in [1.82, 2.24) is 9.78 Å². The lowest BCUT2D eigenvalue weighted by Crippen LogP contribution is -2.26. The molecule has 1 aliphatic carbocycles. The highest BCUT2D eigenvalue weighted by atomic mass is 19.4. The number of aliphatic hydroxyl groups is 1. The molecule has 1 aromatic heterocycles. The van der Waals surface area contributed by atoms with E-state index in [2.05, 4.69) is 5.10 Å². The number of ether oxygens (including phenoxy) is 2. The van der Waals surface area contributed by atoms with Gasteiger partial charge in [-0.25, -0.2) is 4.39 Å². The summed E-state index contributed by atoms with van der Waals surface area (Å²) in [5.41, 5.74) is 1.40. The molecule has 0 saturated carbocycles. The zero-order valence-electron chi connectivity index (χ0n) is 25.4. The number of carbonyl (C=O) groups is 1. The van der Waals surface area contributed by atoms with E-state index in [1.165, 1.54) is 0 Å². The Morgan fingerprint density at radius 1 is 1.07 bits per heavy atom. The van der Waals surface area contributed by atoms with Crippen LogP contribution >= 0.6 is 0 Å². The number of halogens is 4. The van der Waals surface area contributed by atoms with Crippen molar-refractivity contribution in [3.05, 3.63) is 89.0 Å². The number of aromatic nitrogens is 2. The number of fused-ring (bicyclic) bond motifs is 2. The quantitative estimate of drug-likeness (QED) is 0.174. The Morgan fingerprint density at radius 3 is 2.50 bits per heavy atom. The second-order valence-electron chi connectivity index (χ2n) is 12.7. The summed E-state index contributed by atoms with van der Waals surface area (Å²) in [6.45, 7) is 4.12. The number of hydrogen-bond acceptors (Lipinski definition) is 5. The van der Waals surface area contributed by atoms with Crippen LogP contribution in [0.25, 0.3) is 22.3 Å². The number of rotatable bonds is 10. The molecule has 2 unspecified atom stereocenters. The first-order chi connectivity index (χ1) is 21.8. The first-order valence-corrected chi connectivity index (χ1v) is 15.2. The minimum absolute atomic E-state index is 0.00304. The van der Waals surface area contributed by atoms with E-state index in [-0.39, 0.29) is 43.6 Å². The second-order valence-corrected chi connectivity index (χ2v) is 12.7. The average molecular weight is 639 g/mol. The van der Waals surface area contributed by atoms with Crippen molar-refractivity contribution < 1.29 is 42.0 Å². The highest BCUT2D eigenvalue weighted by Gasteiger charge is 2.39. The molecule has 2 heterocycles. The van der Waals surface area contributed by atoms with Crippen LogP contribution in [-0.2, 0) is 23.9 Å². The Hall–Kier alpha value is -4.38. The Balaban J connectivity index is 1.21. The number of hydrogen-bond donors (Lipinski definition) is 2. The zero-order chi connectivity index (χ0) is 32.8. The molecule has 0 bridgehead atoms. The van der Waals surface area contributed by atoms with Crippen molar-refractivity contribution in [2.24, 2.45) is 0 Å². The smallest absolute Gasteiger partial charge is 0.417 e. The molecule has 2 aliphatic rings. The van der Waals surface area contributed by atoms with Crippen LogP contribution in [0, 0.1) is 5.82 Å². The number of benzene rings is 3. The lowest BCUT2D eigenvalue weighted by atomic mass is 9.88. The minimum atomic E-state index is -4.75. The van der Waals surface area contributed by atoms with Gasteiger partial charge >= 0.3 is 12.1 Å². The average Bonchev–Trinajstić information content (AvgIpc) is 3.71. The van der Waals surface area contributed by atoms with E-state index in [0.717, 1.165) is 16.7 Å². The fourth-order valence-corrected chi connectivity index (χ4v) is 6.59. The zero-order valence-corrected chi connectivity index (χ0v) is 25.4. The summed E-state index contributed by atoms with van der Waals surface area (Å²) in [5, 5.41) is 23.5. The first kappa shape index (κ1) is 31.6. The summed E-state index contributed by atoms with van der Waals surface area (Å²) in [6.07, 6.45) is -0.174. The molecule has 46 heavy (non-hydrogen) atoms. The molecule has 7 nitrogen and oxygen atoms in total. The van der Waals surface area contributed by atoms with Crippen LogP contribution in [0.4, 0.5) is 17.6 Å². The lowest BCUT2D eigenvalue weighted by Gasteiger charge is -2.20. The van der Waals surface area contributed by atoms with Crippen molar-refractivity contribution in [3.63, 3.8) is 0 Å². The molecule has 0 spiro atoms. The van der Waals surface area contributed by atoms with Gasteiger partial charge in [-0.05, 0) is 79.0 Å². The maximum absolute atomic E-state index is 15.4. The van der Waals surface area contributed by atoms with Gasteiger partial charge in [0.15, 0.2) is 0 Å². The molecule has 2 atom stereocenters. The van der Waals surface area contributed by atoms with Crippen LogP contribution in [0.1, 0.15) is 67.2 Å². The highest BCUT2D eigenvalue weighted by Crippen LogP contribution is 2.48. The molecule has 4 aromatic rings. The van der Waals surface area contributed by atoms with Gasteiger partial charge in [-0.15, -0.1) is 0 Å². The lowest BCUT2D eigenvalue weighted by molar-refractivity contribution is -0.138. The van der Waals surface area contributed by atoms with E-state index in [1.54, 1.807) is 73.4 Å². The molecule has 3 aromatic carbocycles. The largest absolute Gasteiger partial charge is 0.493 e. The summed E-state index contributed by atoms with van der Waals surface area (Å²) >= 11 is 0. The van der Waals surface area contributed by atoms with Gasteiger partial charge in [-0.3, -0.25) is 9.48 Å². The van der Waals surface area contributed by atoms with Gasteiger partial charge in [0, 0.05) is 29.3 Å². The van der Waals surface area contributed by atoms with E-state index < -0.39 is 29.1 Å². The molecule has 0 saturated heterocycles. The molecule has 1 aliphatic heterocycles. The molecular weight excluding hydrogens is 604 g/mol. The second kappa shape index (κ2) is 12.1. The fraction of sp³-hybridized carbons (Fsp3) is 0.371. The Labute approximate surface area is 263 Å². The molecule has 0 amide bonds. The predicted octanol–water partition coefficient (Wildman–Crippen LogP) is 7.60. The van der Waals surface area contributed by atoms with Crippen LogP contribution in [0.2, 0.25) is 0 Å². The molecule has 0 radical (unpaired) electrons. The van der Waals surface area contributed by atoms with Crippen molar-refractivity contribution in [3.8, 4) is 33.8 Å². The van der Waals surface area contributed by atoms with E-state index in [0.29, 0.717) is 53.5 Å². The molecule has 2 N–H and O–H groups in total. The molecule has 242 valence electrons. The third-order valence-electron chi connectivity index (χ3n) is 8.59. The van der Waals surface area contributed by atoms with Gasteiger partial charge in [0.2, 0.25) is 0 Å². The maximum Gasteiger partial charge on any atom is 0.417 e. The van der Waals surface area contributed by atoms with Crippen LogP contribution < -0.4 is 9.47 Å². The van der Waals surface area contributed by atoms with Crippen LogP contribution in [-0.4, -0.2) is 44.8 Å². The minimum Gasteiger partial charge on any atom is -0.493 e. The Morgan fingerprint density at radius 2 is 1.80 bits per heavy atom. The van der Waals surface area contributed by atoms with Gasteiger partial charge in [0.25, 0.3) is 0 Å². The molecule has 11 heteroatoms. The topological polar surface area (TPSA) is 93.8 Å². The van der Waals surface area contributed by atoms with Crippen LogP contribution in [0.3, 0.4) is 0 Å². The van der Waals surface area contributed by atoms with Gasteiger partial charge in [0.05, 0.1) is 43.5 Å². The summed E-state index contributed by atoms with van der Waals surface area (Å²) in [6, 6.07) is 12.5. The molecule has 0 fully saturated rings. The van der Waals surface area contributed by atoms with Crippen LogP contribution in [0.5, 0.6) is 11.5 Å². The summed E-state index contributed by atoms with van der Waals surface area (Å²) in [4.78, 5) is 11.1. The maximum atomic E-state index is 15.4. The normalized spacial score (nSPS) is 17.5. The third kappa shape index (κ3) is 6.60. The van der Waals surface area contributed by atoms with Crippen molar-refractivity contribution in [1.29, 1.82) is 0 Å². The molecule has 6 rings (SSSR count). The van der Waals surface area contributed by atoms with E-state index >= 15 is 4.39 Å². The predicted molar refractivity (Wildman–Crippen MR) is 162 cm³/mol. The van der Waals surface area contributed by atoms with E-state index in [1.807, 2.05) is 0 Å². The van der Waals surface area contributed by atoms with E-state index in [9.17, 15) is 23.1 Å². The van der Waals surface area contributed by atoms with Gasteiger partial charge in [0.1, 0.15) is 17.3 Å². The van der Waals surface area contributed by atoms with Crippen molar-refractivity contribution in [2.45, 2.75) is 69.7 Å². The fourth-order valence-electron chi connectivity index (χ4n) is 6.59. The van der Waals surface area contributed by atoms with Crippen LogP contribution in [0.15, 0.2) is 60.9 Å². The number of nitrogens with zero attached hydrogens (tertiary/aromatic N) is 2. The molecular formula is C35H34F4N2O5. The standard InChI is InChI=1S/C35H34F4N2O5/c1-34(2,44)19-41-17-24(16-40-41)20-3-5-21(6-4-20)32-27-9-7-22(33(27)29(36)15-28(32)35(37,38)39)11-12-45-25-8-10-26-23(13-31(42)43)18-46-30(26)14-25/h3-6,8,10,14-17,22-23,44H,7,9,11-13,18-19H2,1-2H3,(H,42,43). The van der Waals surface area contributed by atoms with Gasteiger partial charge in [-0.1, -0.05) is 30.3 Å². The number of carboxylic acid groups (broad SMARTS) is 1.